The first-order valence-corrected chi connectivity index (χ1v) is 5.03. The summed E-state index contributed by atoms with van der Waals surface area (Å²) >= 11 is 5.76. The Hall–Kier alpha value is -0.900. The van der Waals surface area contributed by atoms with E-state index in [1.807, 2.05) is 0 Å². The summed E-state index contributed by atoms with van der Waals surface area (Å²) in [4.78, 5) is 0. The molecule has 0 atom stereocenters. The van der Waals surface area contributed by atoms with Crippen molar-refractivity contribution in [2.24, 2.45) is 0 Å². The molecule has 0 radical (unpaired) electrons. The summed E-state index contributed by atoms with van der Waals surface area (Å²) < 4.78 is 42.6. The molecule has 1 nitrogen and oxygen atoms in total. The number of rotatable bonds is 1. The van der Waals surface area contributed by atoms with Crippen molar-refractivity contribution >= 4 is 11.6 Å². The first kappa shape index (κ1) is 13.2. The molecule has 0 N–H and O–H groups in total. The van der Waals surface area contributed by atoms with Gasteiger partial charge in [-0.25, -0.2) is 0 Å². The number of halogens is 4. The van der Waals surface area contributed by atoms with E-state index < -0.39 is 17.3 Å². The maximum absolute atomic E-state index is 12.4. The van der Waals surface area contributed by atoms with Crippen molar-refractivity contribution in [3.05, 3.63) is 28.8 Å². The van der Waals surface area contributed by atoms with Crippen LogP contribution in [0.1, 0.15) is 26.3 Å². The highest BCUT2D eigenvalue weighted by molar-refractivity contribution is 6.32. The Morgan fingerprint density at radius 1 is 1.12 bits per heavy atom. The van der Waals surface area contributed by atoms with Crippen LogP contribution in [0.3, 0.4) is 0 Å². The highest BCUT2D eigenvalue weighted by Gasteiger charge is 2.31. The summed E-state index contributed by atoms with van der Waals surface area (Å²) in [6, 6.07) is 3.02. The zero-order chi connectivity index (χ0) is 12.6. The van der Waals surface area contributed by atoms with Crippen LogP contribution in [0.5, 0.6) is 5.75 Å². The summed E-state index contributed by atoms with van der Waals surface area (Å²) in [7, 11) is 0. The molecule has 0 aliphatic heterocycles. The minimum absolute atomic E-state index is 0.0454. The molecule has 1 aromatic carbocycles. The van der Waals surface area contributed by atoms with Gasteiger partial charge in [-0.3, -0.25) is 0 Å². The van der Waals surface area contributed by atoms with Crippen LogP contribution in [0.15, 0.2) is 18.2 Å². The number of ether oxygens (including phenoxy) is 1. The van der Waals surface area contributed by atoms with E-state index in [-0.39, 0.29) is 10.8 Å². The minimum atomic E-state index is -4.39. The zero-order valence-electron chi connectivity index (χ0n) is 9.15. The molecule has 1 aromatic rings. The fourth-order valence-electron chi connectivity index (χ4n) is 1.09. The lowest BCUT2D eigenvalue weighted by molar-refractivity contribution is -0.137. The van der Waals surface area contributed by atoms with Crippen LogP contribution in [0, 0.1) is 0 Å². The van der Waals surface area contributed by atoms with E-state index in [4.69, 9.17) is 16.3 Å². The molecule has 0 spiro atoms. The lowest BCUT2D eigenvalue weighted by Crippen LogP contribution is -2.23. The average Bonchev–Trinajstić information content (AvgIpc) is 2.04. The van der Waals surface area contributed by atoms with Gasteiger partial charge in [0.05, 0.1) is 10.6 Å². The van der Waals surface area contributed by atoms with Crippen LogP contribution in [0.2, 0.25) is 5.02 Å². The van der Waals surface area contributed by atoms with Crippen molar-refractivity contribution < 1.29 is 17.9 Å². The second-order valence-corrected chi connectivity index (χ2v) is 4.76. The summed E-state index contributed by atoms with van der Waals surface area (Å²) in [5.74, 6) is 0.0454. The van der Waals surface area contributed by atoms with Crippen LogP contribution < -0.4 is 4.74 Å². The van der Waals surface area contributed by atoms with E-state index in [2.05, 4.69) is 0 Å². The average molecular weight is 253 g/mol. The van der Waals surface area contributed by atoms with Crippen molar-refractivity contribution in [3.8, 4) is 5.75 Å². The third-order valence-corrected chi connectivity index (χ3v) is 1.99. The lowest BCUT2D eigenvalue weighted by Gasteiger charge is -2.22. The molecular formula is C11H12ClF3O. The van der Waals surface area contributed by atoms with Crippen molar-refractivity contribution in [2.45, 2.75) is 32.5 Å². The monoisotopic (exact) mass is 252 g/mol. The number of alkyl halides is 3. The molecule has 0 fully saturated rings. The molecule has 0 unspecified atom stereocenters. The standard InChI is InChI=1S/C11H12ClF3O/c1-10(2,3)16-9-6-7(11(13,14)15)4-5-8(9)12/h4-6H,1-3H3. The van der Waals surface area contributed by atoms with Crippen LogP contribution in [0.25, 0.3) is 0 Å². The largest absolute Gasteiger partial charge is 0.487 e. The number of hydrogen-bond acceptors (Lipinski definition) is 1. The summed E-state index contributed by atoms with van der Waals surface area (Å²) in [5.41, 5.74) is -1.36. The first-order valence-electron chi connectivity index (χ1n) is 4.65. The van der Waals surface area contributed by atoms with Crippen LogP contribution in [0.4, 0.5) is 13.2 Å². The quantitative estimate of drug-likeness (QED) is 0.713. The maximum atomic E-state index is 12.4. The highest BCUT2D eigenvalue weighted by atomic mass is 35.5. The SMILES string of the molecule is CC(C)(C)Oc1cc(C(F)(F)F)ccc1Cl. The molecule has 0 aliphatic carbocycles. The molecule has 5 heteroatoms. The van der Waals surface area contributed by atoms with E-state index in [9.17, 15) is 13.2 Å². The van der Waals surface area contributed by atoms with Gasteiger partial charge in [-0.2, -0.15) is 13.2 Å². The van der Waals surface area contributed by atoms with Gasteiger partial charge in [-0.05, 0) is 39.0 Å². The van der Waals surface area contributed by atoms with E-state index in [1.165, 1.54) is 6.07 Å². The minimum Gasteiger partial charge on any atom is -0.487 e. The van der Waals surface area contributed by atoms with E-state index in [0.717, 1.165) is 12.1 Å². The zero-order valence-corrected chi connectivity index (χ0v) is 9.91. The topological polar surface area (TPSA) is 9.23 Å². The Balaban J connectivity index is 3.10. The van der Waals surface area contributed by atoms with Crippen molar-refractivity contribution in [1.82, 2.24) is 0 Å². The van der Waals surface area contributed by atoms with Crippen LogP contribution >= 0.6 is 11.6 Å². The molecule has 0 heterocycles. The maximum Gasteiger partial charge on any atom is 0.416 e. The third kappa shape index (κ3) is 3.59. The second kappa shape index (κ2) is 4.17. The Labute approximate surface area is 97.2 Å². The van der Waals surface area contributed by atoms with Gasteiger partial charge in [0.25, 0.3) is 0 Å². The van der Waals surface area contributed by atoms with Crippen molar-refractivity contribution in [3.63, 3.8) is 0 Å². The molecule has 0 amide bonds. The highest BCUT2D eigenvalue weighted by Crippen LogP contribution is 2.36. The van der Waals surface area contributed by atoms with Gasteiger partial charge in [0.2, 0.25) is 0 Å². The molecule has 0 bridgehead atoms. The summed E-state index contributed by atoms with van der Waals surface area (Å²) in [6.45, 7) is 5.22. The Bertz CT molecular complexity index is 380. The van der Waals surface area contributed by atoms with Crippen LogP contribution in [-0.4, -0.2) is 5.60 Å². The smallest absolute Gasteiger partial charge is 0.416 e. The fraction of sp³-hybridized carbons (Fsp3) is 0.455. The summed E-state index contributed by atoms with van der Waals surface area (Å²) in [5, 5.41) is 0.169. The predicted molar refractivity (Wildman–Crippen MR) is 56.8 cm³/mol. The predicted octanol–water partition coefficient (Wildman–Crippen LogP) is 4.54. The molecule has 16 heavy (non-hydrogen) atoms. The molecule has 0 aromatic heterocycles. The van der Waals surface area contributed by atoms with Gasteiger partial charge in [-0.1, -0.05) is 11.6 Å². The van der Waals surface area contributed by atoms with Gasteiger partial charge in [0.1, 0.15) is 11.4 Å². The summed E-state index contributed by atoms with van der Waals surface area (Å²) in [6.07, 6.45) is -4.39. The van der Waals surface area contributed by atoms with Crippen LogP contribution in [-0.2, 0) is 6.18 Å². The fourth-order valence-corrected chi connectivity index (χ4v) is 1.24. The molecule has 0 aliphatic rings. The lowest BCUT2D eigenvalue weighted by atomic mass is 10.1. The molecule has 1 rings (SSSR count). The van der Waals surface area contributed by atoms with Gasteiger partial charge >= 0.3 is 6.18 Å². The van der Waals surface area contributed by atoms with Crippen molar-refractivity contribution in [2.75, 3.05) is 0 Å². The Kier molecular flexibility index (Phi) is 3.43. The Morgan fingerprint density at radius 2 is 1.69 bits per heavy atom. The molecular weight excluding hydrogens is 241 g/mol. The van der Waals surface area contributed by atoms with Gasteiger partial charge in [-0.15, -0.1) is 0 Å². The molecule has 90 valence electrons. The first-order chi connectivity index (χ1) is 7.09. The van der Waals surface area contributed by atoms with E-state index in [0.29, 0.717) is 0 Å². The molecule has 0 saturated heterocycles. The Morgan fingerprint density at radius 3 is 2.12 bits per heavy atom. The van der Waals surface area contributed by atoms with Gasteiger partial charge < -0.3 is 4.74 Å². The normalized spacial score (nSPS) is 12.7. The van der Waals surface area contributed by atoms with E-state index >= 15 is 0 Å². The van der Waals surface area contributed by atoms with Crippen molar-refractivity contribution in [1.29, 1.82) is 0 Å². The molecule has 0 saturated carbocycles. The van der Waals surface area contributed by atoms with Gasteiger partial charge in [0, 0.05) is 0 Å². The van der Waals surface area contributed by atoms with E-state index in [1.54, 1.807) is 20.8 Å². The number of benzene rings is 1. The second-order valence-electron chi connectivity index (χ2n) is 4.36. The third-order valence-electron chi connectivity index (χ3n) is 1.67. The van der Waals surface area contributed by atoms with Gasteiger partial charge in [0.15, 0.2) is 0 Å². The number of hydrogen-bond donors (Lipinski definition) is 0.